The van der Waals surface area contributed by atoms with Crippen LogP contribution in [0, 0.1) is 23.6 Å². The maximum absolute atomic E-state index is 12.9. The zero-order valence-electron chi connectivity index (χ0n) is 13.7. The van der Waals surface area contributed by atoms with Gasteiger partial charge < -0.3 is 4.90 Å². The van der Waals surface area contributed by atoms with Crippen molar-refractivity contribution in [2.75, 3.05) is 13.1 Å². The molecule has 1 aromatic carbocycles. The molecule has 23 heavy (non-hydrogen) atoms. The topological polar surface area (TPSA) is 20.3 Å². The van der Waals surface area contributed by atoms with Crippen LogP contribution in [0.5, 0.6) is 0 Å². The third-order valence-electron chi connectivity index (χ3n) is 6.24. The average molecular weight is 315 g/mol. The van der Waals surface area contributed by atoms with Gasteiger partial charge in [-0.05, 0) is 87.1 Å². The molecule has 0 radical (unpaired) electrons. The number of rotatable bonds is 5. The van der Waals surface area contributed by atoms with E-state index in [9.17, 15) is 9.18 Å². The van der Waals surface area contributed by atoms with Crippen LogP contribution in [0.15, 0.2) is 24.3 Å². The predicted molar refractivity (Wildman–Crippen MR) is 88.9 cm³/mol. The van der Waals surface area contributed by atoms with Gasteiger partial charge in [0.05, 0.1) is 0 Å². The monoisotopic (exact) mass is 315 g/mol. The van der Waals surface area contributed by atoms with Crippen LogP contribution in [0.3, 0.4) is 0 Å². The summed E-state index contributed by atoms with van der Waals surface area (Å²) >= 11 is 0. The zero-order chi connectivity index (χ0) is 15.8. The molecule has 124 valence electrons. The van der Waals surface area contributed by atoms with Gasteiger partial charge in [0.1, 0.15) is 5.82 Å². The van der Waals surface area contributed by atoms with Crippen molar-refractivity contribution in [2.45, 2.75) is 51.0 Å². The fourth-order valence-corrected chi connectivity index (χ4v) is 5.38. The zero-order valence-corrected chi connectivity index (χ0v) is 13.7. The highest BCUT2D eigenvalue weighted by atomic mass is 19.1. The van der Waals surface area contributed by atoms with Gasteiger partial charge in [0.15, 0.2) is 5.78 Å². The van der Waals surface area contributed by atoms with Gasteiger partial charge in [-0.3, -0.25) is 4.79 Å². The Balaban J connectivity index is 1.31. The lowest BCUT2D eigenvalue weighted by molar-refractivity contribution is 0.0960. The van der Waals surface area contributed by atoms with Crippen LogP contribution < -0.4 is 0 Å². The van der Waals surface area contributed by atoms with Gasteiger partial charge in [-0.2, -0.15) is 0 Å². The number of Topliss-reactive ketones (excluding diaryl/α,β-unsaturated/α-hetero) is 1. The first-order chi connectivity index (χ1) is 11.2. The molecular weight excluding hydrogens is 289 g/mol. The van der Waals surface area contributed by atoms with Gasteiger partial charge in [0.2, 0.25) is 0 Å². The van der Waals surface area contributed by atoms with E-state index in [1.807, 2.05) is 0 Å². The highest BCUT2D eigenvalue weighted by molar-refractivity contribution is 5.95. The third-order valence-corrected chi connectivity index (χ3v) is 6.24. The summed E-state index contributed by atoms with van der Waals surface area (Å²) < 4.78 is 12.9. The number of carbonyl (C=O) groups is 1. The Kier molecular flexibility index (Phi) is 4.23. The molecule has 2 saturated heterocycles. The van der Waals surface area contributed by atoms with E-state index in [1.54, 1.807) is 12.1 Å². The molecule has 2 nitrogen and oxygen atoms in total. The van der Waals surface area contributed by atoms with Crippen LogP contribution in [-0.4, -0.2) is 29.8 Å². The van der Waals surface area contributed by atoms with Crippen molar-refractivity contribution >= 4 is 5.78 Å². The molecule has 5 rings (SSSR count). The number of carbonyl (C=O) groups excluding carboxylic acids is 1. The summed E-state index contributed by atoms with van der Waals surface area (Å²) in [5.74, 6) is 2.72. The summed E-state index contributed by atoms with van der Waals surface area (Å²) in [4.78, 5) is 14.9. The Morgan fingerprint density at radius 2 is 1.65 bits per heavy atom. The second kappa shape index (κ2) is 6.35. The summed E-state index contributed by atoms with van der Waals surface area (Å²) in [5.41, 5.74) is 0.641. The normalized spacial score (nSPS) is 32.9. The fourth-order valence-electron chi connectivity index (χ4n) is 5.38. The minimum absolute atomic E-state index is 0.144. The van der Waals surface area contributed by atoms with Gasteiger partial charge >= 0.3 is 0 Å². The molecule has 4 fully saturated rings. The molecular formula is C20H26FNO. The second-order valence-corrected chi connectivity index (χ2v) is 7.96. The van der Waals surface area contributed by atoms with Gasteiger partial charge in [0, 0.05) is 24.6 Å². The Hall–Kier alpha value is -1.22. The van der Waals surface area contributed by atoms with Crippen molar-refractivity contribution in [2.24, 2.45) is 17.8 Å². The molecule has 2 unspecified atom stereocenters. The summed E-state index contributed by atoms with van der Waals surface area (Å²) in [5, 5.41) is 0. The fraction of sp³-hybridized carbons (Fsp3) is 0.650. The van der Waals surface area contributed by atoms with Crippen molar-refractivity contribution in [3.05, 3.63) is 35.6 Å². The number of nitrogens with zero attached hydrogens (tertiary/aromatic N) is 1. The number of fused-ring (bicyclic) bond motifs is 1. The number of hydrogen-bond acceptors (Lipinski definition) is 2. The van der Waals surface area contributed by atoms with Crippen LogP contribution in [0.2, 0.25) is 0 Å². The van der Waals surface area contributed by atoms with Crippen molar-refractivity contribution in [3.8, 4) is 0 Å². The Bertz CT molecular complexity index is 556. The SMILES string of the molecule is O=C(CCCN1CC2CC3CC(C2)CC1C3)c1ccc(F)cc1. The lowest BCUT2D eigenvalue weighted by Crippen LogP contribution is -2.38. The maximum Gasteiger partial charge on any atom is 0.162 e. The van der Waals surface area contributed by atoms with E-state index in [0.717, 1.165) is 36.8 Å². The second-order valence-electron chi connectivity index (χ2n) is 7.96. The van der Waals surface area contributed by atoms with E-state index < -0.39 is 0 Å². The molecule has 0 aromatic heterocycles. The van der Waals surface area contributed by atoms with Crippen LogP contribution in [0.1, 0.15) is 55.3 Å². The lowest BCUT2D eigenvalue weighted by atomic mass is 9.68. The number of benzene rings is 1. The first-order valence-corrected chi connectivity index (χ1v) is 9.20. The first-order valence-electron chi connectivity index (χ1n) is 9.20. The largest absolute Gasteiger partial charge is 0.300 e. The van der Waals surface area contributed by atoms with Gasteiger partial charge in [-0.1, -0.05) is 0 Å². The van der Waals surface area contributed by atoms with Gasteiger partial charge in [-0.25, -0.2) is 4.39 Å². The molecule has 0 spiro atoms. The van der Waals surface area contributed by atoms with E-state index in [4.69, 9.17) is 0 Å². The molecule has 0 N–H and O–H groups in total. The van der Waals surface area contributed by atoms with Crippen LogP contribution in [0.25, 0.3) is 0 Å². The van der Waals surface area contributed by atoms with Crippen molar-refractivity contribution in [1.82, 2.24) is 4.90 Å². The molecule has 2 saturated carbocycles. The van der Waals surface area contributed by atoms with Crippen molar-refractivity contribution in [3.63, 3.8) is 0 Å². The van der Waals surface area contributed by atoms with E-state index in [2.05, 4.69) is 4.90 Å². The van der Waals surface area contributed by atoms with Crippen LogP contribution in [-0.2, 0) is 0 Å². The Morgan fingerprint density at radius 1 is 1.00 bits per heavy atom. The summed E-state index contributed by atoms with van der Waals surface area (Å²) in [6, 6.07) is 6.72. The van der Waals surface area contributed by atoms with Crippen LogP contribution in [0.4, 0.5) is 4.39 Å². The van der Waals surface area contributed by atoms with E-state index in [1.165, 1.54) is 50.8 Å². The minimum atomic E-state index is -0.281. The molecule has 4 bridgehead atoms. The third kappa shape index (κ3) is 3.35. The number of halogens is 1. The van der Waals surface area contributed by atoms with E-state index >= 15 is 0 Å². The molecule has 0 amide bonds. The van der Waals surface area contributed by atoms with Crippen molar-refractivity contribution < 1.29 is 9.18 Å². The highest BCUT2D eigenvalue weighted by Gasteiger charge is 2.42. The quantitative estimate of drug-likeness (QED) is 0.755. The lowest BCUT2D eigenvalue weighted by Gasteiger charge is -2.39. The summed E-state index contributed by atoms with van der Waals surface area (Å²) in [7, 11) is 0. The Labute approximate surface area is 138 Å². The minimum Gasteiger partial charge on any atom is -0.300 e. The summed E-state index contributed by atoms with van der Waals surface area (Å²) in [6.07, 6.45) is 8.64. The van der Waals surface area contributed by atoms with E-state index in [0.29, 0.717) is 12.0 Å². The number of hydrogen-bond donors (Lipinski definition) is 0. The predicted octanol–water partition coefficient (Wildman–Crippen LogP) is 4.30. The van der Waals surface area contributed by atoms with Gasteiger partial charge in [0.25, 0.3) is 0 Å². The molecule has 2 atom stereocenters. The molecule has 3 heteroatoms. The standard InChI is InChI=1S/C20H26FNO/c21-18-5-3-17(4-6-18)20(23)2-1-7-22-13-16-9-14-8-15(10-16)12-19(22)11-14/h3-6,14-16,19H,1-2,7-13H2. The highest BCUT2D eigenvalue weighted by Crippen LogP contribution is 2.47. The van der Waals surface area contributed by atoms with Crippen LogP contribution >= 0.6 is 0 Å². The molecule has 1 aromatic rings. The van der Waals surface area contributed by atoms with Gasteiger partial charge in [-0.15, -0.1) is 0 Å². The van der Waals surface area contributed by atoms with Crippen molar-refractivity contribution in [1.29, 1.82) is 0 Å². The maximum atomic E-state index is 12.9. The molecule has 2 heterocycles. The first kappa shape index (κ1) is 15.3. The smallest absolute Gasteiger partial charge is 0.162 e. The number of ketones is 1. The van der Waals surface area contributed by atoms with E-state index in [-0.39, 0.29) is 11.6 Å². The Morgan fingerprint density at radius 3 is 2.35 bits per heavy atom. The molecule has 2 aliphatic heterocycles. The average Bonchev–Trinajstić information content (AvgIpc) is 2.71. The summed E-state index contributed by atoms with van der Waals surface area (Å²) in [6.45, 7) is 2.30. The molecule has 4 aliphatic rings. The molecule has 2 aliphatic carbocycles.